The monoisotopic (exact) mass is 376 g/mol. The third-order valence-corrected chi connectivity index (χ3v) is 4.53. The Balaban J connectivity index is 1.65. The van der Waals surface area contributed by atoms with Crippen molar-refractivity contribution in [1.82, 2.24) is 5.32 Å². The molecule has 27 heavy (non-hydrogen) atoms. The minimum atomic E-state index is -4.48. The smallest absolute Gasteiger partial charge is 0.352 e. The zero-order chi connectivity index (χ0) is 19.6. The standard InChI is InChI=1S/C20H19F3N2O2/c1-13-4-2-5-14(8-13)11-24-19(27)15-9-18(26)25(12-15)17-7-3-6-16(10-17)20(21,22)23/h2-8,10,15H,9,11-12H2,1H3,(H,24,27)/t15-/m1/s1. The molecule has 1 atom stereocenters. The lowest BCUT2D eigenvalue weighted by molar-refractivity contribution is -0.137. The van der Waals surface area contributed by atoms with Crippen LogP contribution in [0.15, 0.2) is 48.5 Å². The van der Waals surface area contributed by atoms with Crippen LogP contribution < -0.4 is 10.2 Å². The third-order valence-electron chi connectivity index (χ3n) is 4.53. The van der Waals surface area contributed by atoms with E-state index in [0.717, 1.165) is 23.3 Å². The summed E-state index contributed by atoms with van der Waals surface area (Å²) < 4.78 is 38.6. The number of anilines is 1. The molecular formula is C20H19F3N2O2. The highest BCUT2D eigenvalue weighted by atomic mass is 19.4. The molecule has 2 amide bonds. The van der Waals surface area contributed by atoms with Crippen molar-refractivity contribution in [1.29, 1.82) is 0 Å². The average Bonchev–Trinajstić information content (AvgIpc) is 3.01. The molecule has 0 bridgehead atoms. The number of aryl methyl sites for hydroxylation is 1. The average molecular weight is 376 g/mol. The maximum absolute atomic E-state index is 12.9. The lowest BCUT2D eigenvalue weighted by Crippen LogP contribution is -2.32. The molecule has 142 valence electrons. The predicted octanol–water partition coefficient (Wildman–Crippen LogP) is 3.68. The van der Waals surface area contributed by atoms with Crippen molar-refractivity contribution < 1.29 is 22.8 Å². The molecule has 1 aliphatic rings. The number of carbonyl (C=O) groups is 2. The highest BCUT2D eigenvalue weighted by molar-refractivity contribution is 6.00. The summed E-state index contributed by atoms with van der Waals surface area (Å²) in [4.78, 5) is 25.9. The van der Waals surface area contributed by atoms with Crippen LogP contribution in [-0.4, -0.2) is 18.4 Å². The van der Waals surface area contributed by atoms with Gasteiger partial charge in [-0.1, -0.05) is 35.9 Å². The Kier molecular flexibility index (Phi) is 5.21. The molecule has 0 aliphatic carbocycles. The van der Waals surface area contributed by atoms with Gasteiger partial charge in [-0.25, -0.2) is 0 Å². The molecule has 2 aromatic rings. The van der Waals surface area contributed by atoms with Crippen molar-refractivity contribution in [2.75, 3.05) is 11.4 Å². The minimum Gasteiger partial charge on any atom is -0.352 e. The maximum atomic E-state index is 12.9. The van der Waals surface area contributed by atoms with E-state index in [9.17, 15) is 22.8 Å². The Bertz CT molecular complexity index is 864. The molecule has 1 heterocycles. The second-order valence-corrected chi connectivity index (χ2v) is 6.66. The molecule has 0 unspecified atom stereocenters. The molecule has 0 radical (unpaired) electrons. The molecule has 1 fully saturated rings. The molecule has 4 nitrogen and oxygen atoms in total. The van der Waals surface area contributed by atoms with Gasteiger partial charge >= 0.3 is 6.18 Å². The number of nitrogens with zero attached hydrogens (tertiary/aromatic N) is 1. The molecule has 1 aliphatic heterocycles. The minimum absolute atomic E-state index is 0.0180. The number of benzene rings is 2. The van der Waals surface area contributed by atoms with Crippen molar-refractivity contribution in [2.24, 2.45) is 5.92 Å². The number of nitrogens with one attached hydrogen (secondary N) is 1. The van der Waals surface area contributed by atoms with Crippen molar-refractivity contribution in [3.63, 3.8) is 0 Å². The topological polar surface area (TPSA) is 49.4 Å². The number of hydrogen-bond acceptors (Lipinski definition) is 2. The van der Waals surface area contributed by atoms with Crippen LogP contribution in [-0.2, 0) is 22.3 Å². The summed E-state index contributed by atoms with van der Waals surface area (Å²) in [5.41, 5.74) is 1.36. The van der Waals surface area contributed by atoms with Gasteiger partial charge in [0.15, 0.2) is 0 Å². The summed E-state index contributed by atoms with van der Waals surface area (Å²) in [6.07, 6.45) is -4.50. The normalized spacial score (nSPS) is 17.3. The quantitative estimate of drug-likeness (QED) is 0.885. The fraction of sp³-hybridized carbons (Fsp3) is 0.300. The summed E-state index contributed by atoms with van der Waals surface area (Å²) in [5.74, 6) is -1.22. The summed E-state index contributed by atoms with van der Waals surface area (Å²) in [6, 6.07) is 12.3. The van der Waals surface area contributed by atoms with Gasteiger partial charge in [-0.05, 0) is 30.7 Å². The van der Waals surface area contributed by atoms with Gasteiger partial charge in [-0.15, -0.1) is 0 Å². The van der Waals surface area contributed by atoms with Gasteiger partial charge in [0.05, 0.1) is 11.5 Å². The highest BCUT2D eigenvalue weighted by Crippen LogP contribution is 2.33. The Labute approximate surface area is 155 Å². The summed E-state index contributed by atoms with van der Waals surface area (Å²) in [7, 11) is 0. The number of carbonyl (C=O) groups excluding carboxylic acids is 2. The van der Waals surface area contributed by atoms with E-state index >= 15 is 0 Å². The lowest BCUT2D eigenvalue weighted by Gasteiger charge is -2.18. The molecular weight excluding hydrogens is 357 g/mol. The number of hydrogen-bond donors (Lipinski definition) is 1. The van der Waals surface area contributed by atoms with Gasteiger partial charge in [-0.3, -0.25) is 9.59 Å². The van der Waals surface area contributed by atoms with Crippen LogP contribution in [0.3, 0.4) is 0 Å². The zero-order valence-electron chi connectivity index (χ0n) is 14.7. The Morgan fingerprint density at radius 2 is 1.93 bits per heavy atom. The van der Waals surface area contributed by atoms with Crippen molar-refractivity contribution >= 4 is 17.5 Å². The first-order valence-corrected chi connectivity index (χ1v) is 8.55. The fourth-order valence-electron chi connectivity index (χ4n) is 3.14. The number of amides is 2. The highest BCUT2D eigenvalue weighted by Gasteiger charge is 2.36. The third kappa shape index (κ3) is 4.48. The summed E-state index contributed by atoms with van der Waals surface area (Å²) >= 11 is 0. The predicted molar refractivity (Wildman–Crippen MR) is 94.9 cm³/mol. The Morgan fingerprint density at radius 1 is 1.19 bits per heavy atom. The van der Waals surface area contributed by atoms with E-state index in [1.807, 2.05) is 31.2 Å². The molecule has 0 saturated carbocycles. The van der Waals surface area contributed by atoms with Gasteiger partial charge in [-0.2, -0.15) is 13.2 Å². The van der Waals surface area contributed by atoms with Crippen LogP contribution in [0.5, 0.6) is 0 Å². The van der Waals surface area contributed by atoms with Crippen molar-refractivity contribution in [3.8, 4) is 0 Å². The SMILES string of the molecule is Cc1cccc(CNC(=O)[C@@H]2CC(=O)N(c3cccc(C(F)(F)F)c3)C2)c1. The number of halogens is 3. The van der Waals surface area contributed by atoms with E-state index in [1.165, 1.54) is 17.0 Å². The number of alkyl halides is 3. The summed E-state index contributed by atoms with van der Waals surface area (Å²) in [6.45, 7) is 2.36. The molecule has 1 saturated heterocycles. The van der Waals surface area contributed by atoms with Crippen LogP contribution in [0.25, 0.3) is 0 Å². The van der Waals surface area contributed by atoms with Crippen molar-refractivity contribution in [2.45, 2.75) is 26.1 Å². The molecule has 2 aromatic carbocycles. The first kappa shape index (κ1) is 18.9. The van der Waals surface area contributed by atoms with Crippen LogP contribution in [0.2, 0.25) is 0 Å². The molecule has 0 spiro atoms. The van der Waals surface area contributed by atoms with Gasteiger partial charge in [0.2, 0.25) is 11.8 Å². The Hall–Kier alpha value is -2.83. The van der Waals surface area contributed by atoms with Crippen LogP contribution in [0, 0.1) is 12.8 Å². The van der Waals surface area contributed by atoms with E-state index in [2.05, 4.69) is 5.32 Å². The first-order valence-electron chi connectivity index (χ1n) is 8.55. The van der Waals surface area contributed by atoms with Crippen LogP contribution in [0.4, 0.5) is 18.9 Å². The van der Waals surface area contributed by atoms with Gasteiger partial charge in [0.25, 0.3) is 0 Å². The van der Waals surface area contributed by atoms with E-state index in [4.69, 9.17) is 0 Å². The van der Waals surface area contributed by atoms with E-state index in [0.29, 0.717) is 6.54 Å². The molecule has 1 N–H and O–H groups in total. The van der Waals surface area contributed by atoms with E-state index in [1.54, 1.807) is 0 Å². The molecule has 7 heteroatoms. The number of rotatable bonds is 4. The first-order chi connectivity index (χ1) is 12.7. The molecule has 3 rings (SSSR count). The van der Waals surface area contributed by atoms with Crippen LogP contribution in [0.1, 0.15) is 23.1 Å². The molecule has 0 aromatic heterocycles. The second-order valence-electron chi connectivity index (χ2n) is 6.66. The van der Waals surface area contributed by atoms with Gasteiger partial charge in [0, 0.05) is 25.2 Å². The lowest BCUT2D eigenvalue weighted by atomic mass is 10.1. The summed E-state index contributed by atoms with van der Waals surface area (Å²) in [5, 5.41) is 2.80. The van der Waals surface area contributed by atoms with Crippen molar-refractivity contribution in [3.05, 3.63) is 65.2 Å². The second kappa shape index (κ2) is 7.42. The van der Waals surface area contributed by atoms with Gasteiger partial charge in [0.1, 0.15) is 0 Å². The van der Waals surface area contributed by atoms with E-state index in [-0.39, 0.29) is 30.5 Å². The fourth-order valence-corrected chi connectivity index (χ4v) is 3.14. The van der Waals surface area contributed by atoms with E-state index < -0.39 is 17.7 Å². The van der Waals surface area contributed by atoms with Gasteiger partial charge < -0.3 is 10.2 Å². The van der Waals surface area contributed by atoms with Crippen LogP contribution >= 0.6 is 0 Å². The maximum Gasteiger partial charge on any atom is 0.416 e. The Morgan fingerprint density at radius 3 is 2.63 bits per heavy atom. The zero-order valence-corrected chi connectivity index (χ0v) is 14.7. The largest absolute Gasteiger partial charge is 0.416 e.